The van der Waals surface area contributed by atoms with Crippen LogP contribution in [0.5, 0.6) is 0 Å². The average Bonchev–Trinajstić information content (AvgIpc) is 2.19. The van der Waals surface area contributed by atoms with Crippen LogP contribution in [0.25, 0.3) is 0 Å². The van der Waals surface area contributed by atoms with Crippen molar-refractivity contribution in [2.75, 3.05) is 25.1 Å². The molecule has 2 heteroatoms. The molecule has 0 aromatic heterocycles. The summed E-state index contributed by atoms with van der Waals surface area (Å²) in [5.74, 6) is 0. The number of anilines is 1. The molecule has 1 N–H and O–H groups in total. The maximum Gasteiger partial charge on any atom is 0.0639 e. The highest BCUT2D eigenvalue weighted by atomic mass is 16.5. The molecule has 0 aliphatic rings. The van der Waals surface area contributed by atoms with Crippen LogP contribution < -0.4 is 5.32 Å². The largest absolute Gasteiger partial charge is 0.382 e. The fourth-order valence-electron chi connectivity index (χ4n) is 1.01. The molecule has 0 saturated heterocycles. The third-order valence-electron chi connectivity index (χ3n) is 1.62. The molecule has 0 atom stereocenters. The number of hydrogen-bond acceptors (Lipinski definition) is 2. The van der Waals surface area contributed by atoms with E-state index in [1.807, 2.05) is 24.3 Å². The van der Waals surface area contributed by atoms with Gasteiger partial charge in [-0.3, -0.25) is 0 Å². The first kappa shape index (κ1) is 10.1. The standard InChI is InChI=1S/C11H16NO/c1-2-9-13-10-8-12-11-6-4-3-5-7-11/h3-6,12H,2,8-10H2,1H3. The van der Waals surface area contributed by atoms with E-state index >= 15 is 0 Å². The highest BCUT2D eigenvalue weighted by molar-refractivity contribution is 5.40. The van der Waals surface area contributed by atoms with Gasteiger partial charge in [0.15, 0.2) is 0 Å². The van der Waals surface area contributed by atoms with E-state index in [9.17, 15) is 0 Å². The molecule has 0 aliphatic carbocycles. The van der Waals surface area contributed by atoms with Crippen LogP contribution in [0, 0.1) is 6.07 Å². The van der Waals surface area contributed by atoms with Crippen LogP contribution >= 0.6 is 0 Å². The molecule has 0 saturated carbocycles. The normalized spacial score (nSPS) is 9.92. The second-order valence-corrected chi connectivity index (χ2v) is 2.82. The lowest BCUT2D eigenvalue weighted by molar-refractivity contribution is 0.144. The van der Waals surface area contributed by atoms with Gasteiger partial charge in [-0.2, -0.15) is 0 Å². The van der Waals surface area contributed by atoms with Gasteiger partial charge in [0.2, 0.25) is 0 Å². The minimum absolute atomic E-state index is 0.760. The van der Waals surface area contributed by atoms with Crippen molar-refractivity contribution in [1.82, 2.24) is 0 Å². The summed E-state index contributed by atoms with van der Waals surface area (Å²) < 4.78 is 5.33. The number of hydrogen-bond donors (Lipinski definition) is 1. The van der Waals surface area contributed by atoms with Gasteiger partial charge >= 0.3 is 0 Å². The Balaban J connectivity index is 2.07. The van der Waals surface area contributed by atoms with Gasteiger partial charge in [-0.15, -0.1) is 0 Å². The lowest BCUT2D eigenvalue weighted by Crippen LogP contribution is -2.09. The third kappa shape index (κ3) is 4.53. The second-order valence-electron chi connectivity index (χ2n) is 2.82. The minimum atomic E-state index is 0.760. The van der Waals surface area contributed by atoms with Crippen LogP contribution in [-0.2, 0) is 4.74 Å². The van der Waals surface area contributed by atoms with E-state index in [1.54, 1.807) is 0 Å². The van der Waals surface area contributed by atoms with Crippen molar-refractivity contribution in [1.29, 1.82) is 0 Å². The molecule has 1 aromatic rings. The highest BCUT2D eigenvalue weighted by Crippen LogP contribution is 2.02. The van der Waals surface area contributed by atoms with Crippen LogP contribution in [0.3, 0.4) is 0 Å². The van der Waals surface area contributed by atoms with Gasteiger partial charge in [-0.25, -0.2) is 0 Å². The zero-order valence-electron chi connectivity index (χ0n) is 8.05. The summed E-state index contributed by atoms with van der Waals surface area (Å²) in [4.78, 5) is 0. The molecule has 1 aromatic carbocycles. The van der Waals surface area contributed by atoms with Gasteiger partial charge in [-0.05, 0) is 12.5 Å². The lowest BCUT2D eigenvalue weighted by atomic mass is 10.3. The van der Waals surface area contributed by atoms with Crippen molar-refractivity contribution < 1.29 is 4.74 Å². The number of para-hydroxylation sites is 1. The smallest absolute Gasteiger partial charge is 0.0639 e. The van der Waals surface area contributed by atoms with Crippen molar-refractivity contribution >= 4 is 5.69 Å². The topological polar surface area (TPSA) is 21.3 Å². The Kier molecular flexibility index (Phi) is 5.02. The van der Waals surface area contributed by atoms with Gasteiger partial charge < -0.3 is 10.1 Å². The summed E-state index contributed by atoms with van der Waals surface area (Å²) in [6.07, 6.45) is 1.08. The van der Waals surface area contributed by atoms with Crippen LogP contribution in [0.2, 0.25) is 0 Å². The van der Waals surface area contributed by atoms with Gasteiger partial charge in [-0.1, -0.05) is 25.1 Å². The Morgan fingerprint density at radius 3 is 3.00 bits per heavy atom. The first-order valence-corrected chi connectivity index (χ1v) is 4.72. The number of benzene rings is 1. The van der Waals surface area contributed by atoms with E-state index in [4.69, 9.17) is 4.74 Å². The Morgan fingerprint density at radius 2 is 2.31 bits per heavy atom. The van der Waals surface area contributed by atoms with Gasteiger partial charge in [0.1, 0.15) is 0 Å². The summed E-state index contributed by atoms with van der Waals surface area (Å²) in [6, 6.07) is 10.9. The predicted octanol–water partition coefficient (Wildman–Crippen LogP) is 2.33. The molecule has 0 bridgehead atoms. The third-order valence-corrected chi connectivity index (χ3v) is 1.62. The van der Waals surface area contributed by atoms with Crippen LogP contribution in [0.1, 0.15) is 13.3 Å². The summed E-state index contributed by atoms with van der Waals surface area (Å²) in [7, 11) is 0. The fourth-order valence-corrected chi connectivity index (χ4v) is 1.01. The van der Waals surface area contributed by atoms with Crippen LogP contribution in [-0.4, -0.2) is 19.8 Å². The van der Waals surface area contributed by atoms with Crippen molar-refractivity contribution in [2.45, 2.75) is 13.3 Å². The van der Waals surface area contributed by atoms with E-state index in [1.165, 1.54) is 0 Å². The molecule has 1 rings (SSSR count). The maximum absolute atomic E-state index is 5.33. The molecule has 0 heterocycles. The van der Waals surface area contributed by atoms with E-state index in [2.05, 4.69) is 18.3 Å². The minimum Gasteiger partial charge on any atom is -0.382 e. The van der Waals surface area contributed by atoms with E-state index in [-0.39, 0.29) is 0 Å². The highest BCUT2D eigenvalue weighted by Gasteiger charge is 1.89. The molecule has 71 valence electrons. The number of ether oxygens (including phenoxy) is 1. The summed E-state index contributed by atoms with van der Waals surface area (Å²) >= 11 is 0. The van der Waals surface area contributed by atoms with Crippen molar-refractivity contribution in [3.05, 3.63) is 30.3 Å². The van der Waals surface area contributed by atoms with Gasteiger partial charge in [0.05, 0.1) is 6.61 Å². The fraction of sp³-hybridized carbons (Fsp3) is 0.455. The number of nitrogens with one attached hydrogen (secondary N) is 1. The van der Waals surface area contributed by atoms with E-state index in [0.717, 1.165) is 31.9 Å². The summed E-state index contributed by atoms with van der Waals surface area (Å²) in [5, 5.41) is 3.22. The molecule has 1 radical (unpaired) electrons. The quantitative estimate of drug-likeness (QED) is 0.675. The average molecular weight is 178 g/mol. The zero-order valence-corrected chi connectivity index (χ0v) is 8.05. The maximum atomic E-state index is 5.33. The molecule has 0 unspecified atom stereocenters. The first-order valence-electron chi connectivity index (χ1n) is 4.72. The van der Waals surface area contributed by atoms with Crippen molar-refractivity contribution in [3.63, 3.8) is 0 Å². The Labute approximate surface area is 79.9 Å². The monoisotopic (exact) mass is 178 g/mol. The Hall–Kier alpha value is -1.02. The van der Waals surface area contributed by atoms with Crippen LogP contribution in [0.15, 0.2) is 24.3 Å². The predicted molar refractivity (Wildman–Crippen MR) is 54.9 cm³/mol. The molecule has 0 fully saturated rings. The molecular formula is C11H16NO. The number of rotatable bonds is 6. The molecule has 2 nitrogen and oxygen atoms in total. The van der Waals surface area contributed by atoms with Crippen molar-refractivity contribution in [2.24, 2.45) is 0 Å². The second kappa shape index (κ2) is 6.49. The molecule has 0 amide bonds. The van der Waals surface area contributed by atoms with Crippen molar-refractivity contribution in [3.8, 4) is 0 Å². The SMILES string of the molecule is CCCOCCNc1[c]cccc1. The first-order chi connectivity index (χ1) is 6.43. The summed E-state index contributed by atoms with van der Waals surface area (Å²) in [6.45, 7) is 4.57. The molecule has 0 aliphatic heterocycles. The van der Waals surface area contributed by atoms with Gasteiger partial charge in [0.25, 0.3) is 0 Å². The molecule has 13 heavy (non-hydrogen) atoms. The Bertz CT molecular complexity index is 211. The van der Waals surface area contributed by atoms with E-state index in [0.29, 0.717) is 0 Å². The molecular weight excluding hydrogens is 162 g/mol. The molecule has 0 spiro atoms. The van der Waals surface area contributed by atoms with Gasteiger partial charge in [0, 0.05) is 24.9 Å². The summed E-state index contributed by atoms with van der Waals surface area (Å²) in [5.41, 5.74) is 1.03. The Morgan fingerprint density at radius 1 is 1.38 bits per heavy atom. The zero-order chi connectivity index (χ0) is 9.36. The lowest BCUT2D eigenvalue weighted by Gasteiger charge is -2.05. The van der Waals surface area contributed by atoms with Crippen LogP contribution in [0.4, 0.5) is 5.69 Å². The van der Waals surface area contributed by atoms with E-state index < -0.39 is 0 Å².